The maximum atomic E-state index is 12.8. The molecule has 2 aromatic carbocycles. The van der Waals surface area contributed by atoms with Crippen LogP contribution in [-0.4, -0.2) is 34.2 Å². The van der Waals surface area contributed by atoms with Gasteiger partial charge >= 0.3 is 0 Å². The number of hydrogen-bond donors (Lipinski definition) is 1. The molecule has 1 N–H and O–H groups in total. The Labute approximate surface area is 155 Å². The normalized spacial score (nSPS) is 22.2. The summed E-state index contributed by atoms with van der Waals surface area (Å²) in [4.78, 5) is 2.54. The summed E-state index contributed by atoms with van der Waals surface area (Å²) < 4.78 is 34.3. The Morgan fingerprint density at radius 1 is 1.04 bits per heavy atom. The van der Waals surface area contributed by atoms with Crippen molar-refractivity contribution in [3.63, 3.8) is 0 Å². The molecule has 2 heterocycles. The van der Waals surface area contributed by atoms with Crippen LogP contribution in [0.1, 0.15) is 24.8 Å². The van der Waals surface area contributed by atoms with Gasteiger partial charge in [0.2, 0.25) is 10.0 Å². The van der Waals surface area contributed by atoms with E-state index < -0.39 is 10.0 Å². The highest BCUT2D eigenvalue weighted by Gasteiger charge is 2.29. The Kier molecular flexibility index (Phi) is 4.87. The second-order valence-electron chi connectivity index (χ2n) is 7.00. The first kappa shape index (κ1) is 17.4. The van der Waals surface area contributed by atoms with Gasteiger partial charge in [0, 0.05) is 24.8 Å². The molecule has 5 nitrogen and oxygen atoms in total. The van der Waals surface area contributed by atoms with Crippen LogP contribution < -0.4 is 14.4 Å². The van der Waals surface area contributed by atoms with Crippen molar-refractivity contribution in [2.45, 2.75) is 36.6 Å². The molecule has 0 unspecified atom stereocenters. The number of rotatable bonds is 3. The molecule has 1 fully saturated rings. The van der Waals surface area contributed by atoms with E-state index in [1.165, 1.54) is 19.3 Å². The van der Waals surface area contributed by atoms with Crippen LogP contribution in [0, 0.1) is 0 Å². The molecule has 6 heteroatoms. The molecule has 2 aliphatic rings. The fourth-order valence-corrected chi connectivity index (χ4v) is 5.03. The van der Waals surface area contributed by atoms with Gasteiger partial charge in [-0.3, -0.25) is 0 Å². The van der Waals surface area contributed by atoms with E-state index in [-0.39, 0.29) is 10.9 Å². The number of nitrogens with one attached hydrogen (secondary N) is 1. The maximum Gasteiger partial charge on any atom is 0.244 e. The summed E-state index contributed by atoms with van der Waals surface area (Å²) in [5.41, 5.74) is 2.13. The van der Waals surface area contributed by atoms with Gasteiger partial charge in [-0.05, 0) is 43.4 Å². The average Bonchev–Trinajstić information content (AvgIpc) is 2.79. The molecule has 1 saturated heterocycles. The number of sulfonamides is 1. The molecule has 26 heavy (non-hydrogen) atoms. The first-order chi connectivity index (χ1) is 12.6. The number of hydrogen-bond acceptors (Lipinski definition) is 4. The summed E-state index contributed by atoms with van der Waals surface area (Å²) in [5.74, 6) is 0.455. The van der Waals surface area contributed by atoms with Crippen molar-refractivity contribution in [2.75, 3.05) is 24.6 Å². The van der Waals surface area contributed by atoms with Crippen molar-refractivity contribution in [1.29, 1.82) is 0 Å². The second kappa shape index (κ2) is 7.29. The average molecular weight is 372 g/mol. The molecule has 138 valence electrons. The number of nitrogens with zero attached hydrogens (tertiary/aromatic N) is 1. The quantitative estimate of drug-likeness (QED) is 0.900. The summed E-state index contributed by atoms with van der Waals surface area (Å²) in [6, 6.07) is 15.0. The number of anilines is 1. The minimum Gasteiger partial charge on any atom is -0.490 e. The molecule has 0 radical (unpaired) electrons. The summed E-state index contributed by atoms with van der Waals surface area (Å²) in [6.07, 6.45) is 4.22. The third kappa shape index (κ3) is 3.71. The van der Waals surface area contributed by atoms with Gasteiger partial charge in [-0.25, -0.2) is 13.1 Å². The van der Waals surface area contributed by atoms with E-state index in [1.807, 2.05) is 42.5 Å². The molecule has 4 rings (SSSR count). The first-order valence-electron chi connectivity index (χ1n) is 9.20. The summed E-state index contributed by atoms with van der Waals surface area (Å²) in [5, 5.41) is 0. The SMILES string of the molecule is O=S1(=O)N[C@@H](Cc2ccccc2)COc2cc(N3CCCCC3)ccc21. The second-order valence-corrected chi connectivity index (χ2v) is 8.68. The smallest absolute Gasteiger partial charge is 0.244 e. The highest BCUT2D eigenvalue weighted by atomic mass is 32.2. The minimum absolute atomic E-state index is 0.230. The highest BCUT2D eigenvalue weighted by molar-refractivity contribution is 7.89. The van der Waals surface area contributed by atoms with Crippen LogP contribution in [0.4, 0.5) is 5.69 Å². The summed E-state index contributed by atoms with van der Waals surface area (Å²) >= 11 is 0. The van der Waals surface area contributed by atoms with E-state index >= 15 is 0 Å². The van der Waals surface area contributed by atoms with Crippen LogP contribution >= 0.6 is 0 Å². The van der Waals surface area contributed by atoms with Crippen molar-refractivity contribution in [2.24, 2.45) is 0 Å². The molecular formula is C20H24N2O3S. The van der Waals surface area contributed by atoms with Gasteiger partial charge in [0.25, 0.3) is 0 Å². The molecule has 1 atom stereocenters. The molecule has 0 aromatic heterocycles. The Balaban J connectivity index is 1.57. The number of ether oxygens (including phenoxy) is 1. The van der Waals surface area contributed by atoms with Crippen LogP contribution in [-0.2, 0) is 16.4 Å². The topological polar surface area (TPSA) is 58.6 Å². The Morgan fingerprint density at radius 3 is 2.58 bits per heavy atom. The van der Waals surface area contributed by atoms with Gasteiger partial charge in [0.05, 0.1) is 6.04 Å². The molecule has 0 bridgehead atoms. The van der Waals surface area contributed by atoms with Crippen LogP contribution in [0.2, 0.25) is 0 Å². The molecule has 0 aliphatic carbocycles. The standard InChI is InChI=1S/C20H24N2O3S/c23-26(24)20-10-9-18(22-11-5-2-6-12-22)14-19(20)25-15-17(21-26)13-16-7-3-1-4-8-16/h1,3-4,7-10,14,17,21H,2,5-6,11-13,15H2/t17-/m0/s1. The Hall–Kier alpha value is -2.05. The van der Waals surface area contributed by atoms with E-state index in [2.05, 4.69) is 9.62 Å². The fraction of sp³-hybridized carbons (Fsp3) is 0.400. The van der Waals surface area contributed by atoms with Crippen molar-refractivity contribution in [1.82, 2.24) is 4.72 Å². The molecule has 2 aliphatic heterocycles. The monoisotopic (exact) mass is 372 g/mol. The highest BCUT2D eigenvalue weighted by Crippen LogP contribution is 2.32. The summed E-state index contributed by atoms with van der Waals surface area (Å²) in [7, 11) is -3.59. The van der Waals surface area contributed by atoms with Crippen LogP contribution in [0.25, 0.3) is 0 Å². The zero-order valence-electron chi connectivity index (χ0n) is 14.7. The summed E-state index contributed by atoms with van der Waals surface area (Å²) in [6.45, 7) is 2.35. The number of fused-ring (bicyclic) bond motifs is 1. The fourth-order valence-electron chi connectivity index (χ4n) is 3.69. The molecule has 0 spiro atoms. The molecular weight excluding hydrogens is 348 g/mol. The largest absolute Gasteiger partial charge is 0.490 e. The molecule has 2 aromatic rings. The zero-order chi connectivity index (χ0) is 18.0. The molecule has 0 amide bonds. The van der Waals surface area contributed by atoms with E-state index in [0.29, 0.717) is 18.8 Å². The first-order valence-corrected chi connectivity index (χ1v) is 10.7. The van der Waals surface area contributed by atoms with Gasteiger partial charge in [0.15, 0.2) is 0 Å². The third-order valence-electron chi connectivity index (χ3n) is 5.02. The predicted octanol–water partition coefficient (Wildman–Crippen LogP) is 2.96. The lowest BCUT2D eigenvalue weighted by Gasteiger charge is -2.29. The third-order valence-corrected chi connectivity index (χ3v) is 6.58. The van der Waals surface area contributed by atoms with Crippen LogP contribution in [0.15, 0.2) is 53.4 Å². The minimum atomic E-state index is -3.59. The molecule has 0 saturated carbocycles. The Bertz CT molecular complexity index is 862. The van der Waals surface area contributed by atoms with Crippen LogP contribution in [0.3, 0.4) is 0 Å². The van der Waals surface area contributed by atoms with Gasteiger partial charge in [-0.1, -0.05) is 30.3 Å². The lowest BCUT2D eigenvalue weighted by Crippen LogP contribution is -2.38. The number of benzene rings is 2. The lowest BCUT2D eigenvalue weighted by atomic mass is 10.1. The van der Waals surface area contributed by atoms with E-state index in [1.54, 1.807) is 6.07 Å². The van der Waals surface area contributed by atoms with Crippen molar-refractivity contribution in [3.8, 4) is 5.75 Å². The lowest BCUT2D eigenvalue weighted by molar-refractivity contribution is 0.279. The van der Waals surface area contributed by atoms with Gasteiger partial charge in [0.1, 0.15) is 17.3 Å². The van der Waals surface area contributed by atoms with E-state index in [0.717, 1.165) is 24.3 Å². The van der Waals surface area contributed by atoms with Gasteiger partial charge in [-0.15, -0.1) is 0 Å². The van der Waals surface area contributed by atoms with Crippen molar-refractivity contribution < 1.29 is 13.2 Å². The predicted molar refractivity (Wildman–Crippen MR) is 102 cm³/mol. The van der Waals surface area contributed by atoms with Crippen molar-refractivity contribution >= 4 is 15.7 Å². The van der Waals surface area contributed by atoms with Crippen molar-refractivity contribution in [3.05, 3.63) is 54.1 Å². The van der Waals surface area contributed by atoms with E-state index in [9.17, 15) is 8.42 Å². The van der Waals surface area contributed by atoms with E-state index in [4.69, 9.17) is 4.74 Å². The van der Waals surface area contributed by atoms with Gasteiger partial charge < -0.3 is 9.64 Å². The van der Waals surface area contributed by atoms with Crippen LogP contribution in [0.5, 0.6) is 5.75 Å². The zero-order valence-corrected chi connectivity index (χ0v) is 15.5. The maximum absolute atomic E-state index is 12.8. The number of piperidine rings is 1. The van der Waals surface area contributed by atoms with Gasteiger partial charge in [-0.2, -0.15) is 0 Å². The Morgan fingerprint density at radius 2 is 1.81 bits per heavy atom.